The van der Waals surface area contributed by atoms with Crippen LogP contribution in [0.5, 0.6) is 0 Å². The van der Waals surface area contributed by atoms with Crippen molar-refractivity contribution in [3.63, 3.8) is 0 Å². The summed E-state index contributed by atoms with van der Waals surface area (Å²) in [6, 6.07) is 24.4. The minimum Gasteiger partial charge on any atom is -0.354 e. The Morgan fingerprint density at radius 3 is 2.35 bits per heavy atom. The molecule has 7 heteroatoms. The molecule has 0 spiro atoms. The molecule has 0 bridgehead atoms. The number of benzene rings is 3. The smallest absolute Gasteiger partial charge is 0.258 e. The maximum absolute atomic E-state index is 13.0. The van der Waals surface area contributed by atoms with E-state index in [1.807, 2.05) is 73.6 Å². The largest absolute Gasteiger partial charge is 0.354 e. The summed E-state index contributed by atoms with van der Waals surface area (Å²) in [5, 5.41) is 15.5. The molecule has 4 rings (SSSR count). The molecule has 0 saturated heterocycles. The van der Waals surface area contributed by atoms with Crippen LogP contribution in [0.4, 0.5) is 17.1 Å². The van der Waals surface area contributed by atoms with Crippen molar-refractivity contribution in [3.8, 4) is 6.07 Å². The fourth-order valence-electron chi connectivity index (χ4n) is 3.81. The number of hydrogen-bond donors (Lipinski definition) is 2. The number of rotatable bonds is 6. The lowest BCUT2D eigenvalue weighted by atomic mass is 9.99. The van der Waals surface area contributed by atoms with E-state index in [2.05, 4.69) is 16.7 Å². The highest BCUT2D eigenvalue weighted by molar-refractivity contribution is 6.37. The highest BCUT2D eigenvalue weighted by atomic mass is 16.2. The van der Waals surface area contributed by atoms with Crippen molar-refractivity contribution in [2.24, 2.45) is 0 Å². The summed E-state index contributed by atoms with van der Waals surface area (Å²) >= 11 is 0. The minimum absolute atomic E-state index is 0.00576. The zero-order valence-electron chi connectivity index (χ0n) is 19.3. The fraction of sp³-hybridized carbons (Fsp3) is 0.148. The number of nitrogens with one attached hydrogen (secondary N) is 2. The number of carbonyl (C=O) groups is 2. The summed E-state index contributed by atoms with van der Waals surface area (Å²) in [6.45, 7) is 0.322. The Hall–Kier alpha value is -4.41. The Balaban J connectivity index is 1.71. The van der Waals surface area contributed by atoms with Gasteiger partial charge in [0.1, 0.15) is 0 Å². The van der Waals surface area contributed by atoms with Gasteiger partial charge in [-0.2, -0.15) is 5.26 Å². The van der Waals surface area contributed by atoms with Crippen LogP contribution in [0.15, 0.2) is 72.8 Å². The highest BCUT2D eigenvalue weighted by Gasteiger charge is 2.28. The van der Waals surface area contributed by atoms with Crippen molar-refractivity contribution in [1.29, 1.82) is 5.26 Å². The second-order valence-corrected chi connectivity index (χ2v) is 8.30. The maximum Gasteiger partial charge on any atom is 0.258 e. The molecule has 1 aliphatic heterocycles. The predicted octanol–water partition coefficient (Wildman–Crippen LogP) is 4.02. The van der Waals surface area contributed by atoms with Gasteiger partial charge in [-0.25, -0.2) is 0 Å². The molecule has 1 heterocycles. The third-order valence-electron chi connectivity index (χ3n) is 5.56. The minimum atomic E-state index is -0.234. The average Bonchev–Trinajstić information content (AvgIpc) is 3.17. The lowest BCUT2D eigenvalue weighted by molar-refractivity contribution is -0.119. The van der Waals surface area contributed by atoms with Crippen LogP contribution in [-0.2, 0) is 9.59 Å². The SMILES string of the molecule is CN(C)CC(=O)N(C)c1ccc(NC(=C2C(=O)Nc3cc(C#N)ccc32)c2ccccc2)cc1. The molecule has 0 radical (unpaired) electrons. The van der Waals surface area contributed by atoms with Gasteiger partial charge in [-0.3, -0.25) is 9.59 Å². The number of carbonyl (C=O) groups excluding carboxylic acids is 2. The van der Waals surface area contributed by atoms with Crippen LogP contribution in [-0.4, -0.2) is 44.4 Å². The molecule has 3 aromatic carbocycles. The van der Waals surface area contributed by atoms with Crippen LogP contribution in [0.2, 0.25) is 0 Å². The molecule has 0 atom stereocenters. The average molecular weight is 452 g/mol. The molecule has 2 N–H and O–H groups in total. The number of nitriles is 1. The molecule has 0 fully saturated rings. The summed E-state index contributed by atoms with van der Waals surface area (Å²) in [5.74, 6) is -0.240. The van der Waals surface area contributed by atoms with E-state index in [1.54, 1.807) is 30.1 Å². The van der Waals surface area contributed by atoms with Gasteiger partial charge < -0.3 is 20.4 Å². The van der Waals surface area contributed by atoms with Crippen molar-refractivity contribution in [2.45, 2.75) is 0 Å². The van der Waals surface area contributed by atoms with E-state index in [0.717, 1.165) is 22.5 Å². The molecule has 7 nitrogen and oxygen atoms in total. The third-order valence-corrected chi connectivity index (χ3v) is 5.56. The third kappa shape index (κ3) is 4.68. The molecule has 34 heavy (non-hydrogen) atoms. The van der Waals surface area contributed by atoms with Gasteiger partial charge in [-0.1, -0.05) is 36.4 Å². The Morgan fingerprint density at radius 1 is 1.00 bits per heavy atom. The van der Waals surface area contributed by atoms with Gasteiger partial charge in [-0.15, -0.1) is 0 Å². The first kappa shape index (κ1) is 22.8. The zero-order chi connectivity index (χ0) is 24.2. The van der Waals surface area contributed by atoms with Crippen LogP contribution >= 0.6 is 0 Å². The van der Waals surface area contributed by atoms with Gasteiger partial charge in [0.15, 0.2) is 0 Å². The molecule has 2 amide bonds. The molecule has 0 aliphatic carbocycles. The van der Waals surface area contributed by atoms with Crippen molar-refractivity contribution in [1.82, 2.24) is 4.90 Å². The lowest BCUT2D eigenvalue weighted by Gasteiger charge is -2.20. The standard InChI is InChI=1S/C27H25N5O2/c1-31(2)17-24(33)32(3)21-12-10-20(11-13-21)29-26(19-7-5-4-6-8-19)25-22-14-9-18(16-28)15-23(22)30-27(25)34/h4-15,29H,17H2,1-3H3,(H,30,34). The molecule has 0 saturated carbocycles. The van der Waals surface area contributed by atoms with Crippen LogP contribution in [0.1, 0.15) is 16.7 Å². The van der Waals surface area contributed by atoms with Gasteiger partial charge in [-0.05, 0) is 56.1 Å². The number of amides is 2. The normalized spacial score (nSPS) is 13.7. The van der Waals surface area contributed by atoms with E-state index < -0.39 is 0 Å². The van der Waals surface area contributed by atoms with Gasteiger partial charge in [0.05, 0.1) is 35.1 Å². The number of hydrogen-bond acceptors (Lipinski definition) is 5. The lowest BCUT2D eigenvalue weighted by Crippen LogP contribution is -2.34. The van der Waals surface area contributed by atoms with E-state index in [1.165, 1.54) is 0 Å². The van der Waals surface area contributed by atoms with E-state index in [4.69, 9.17) is 0 Å². The first-order chi connectivity index (χ1) is 16.4. The number of fused-ring (bicyclic) bond motifs is 1. The first-order valence-electron chi connectivity index (χ1n) is 10.8. The Kier molecular flexibility index (Phi) is 6.44. The van der Waals surface area contributed by atoms with Gasteiger partial charge >= 0.3 is 0 Å². The zero-order valence-corrected chi connectivity index (χ0v) is 19.3. The van der Waals surface area contributed by atoms with Gasteiger partial charge in [0.2, 0.25) is 5.91 Å². The monoisotopic (exact) mass is 451 g/mol. The van der Waals surface area contributed by atoms with E-state index in [9.17, 15) is 14.9 Å². The fourth-order valence-corrected chi connectivity index (χ4v) is 3.81. The summed E-state index contributed by atoms with van der Waals surface area (Å²) in [4.78, 5) is 28.8. The molecule has 0 aromatic heterocycles. The summed E-state index contributed by atoms with van der Waals surface area (Å²) in [5.41, 5.74) is 5.41. The molecule has 170 valence electrons. The summed E-state index contributed by atoms with van der Waals surface area (Å²) in [6.07, 6.45) is 0. The van der Waals surface area contributed by atoms with Crippen molar-refractivity contribution in [2.75, 3.05) is 43.2 Å². The second-order valence-electron chi connectivity index (χ2n) is 8.30. The van der Waals surface area contributed by atoms with E-state index >= 15 is 0 Å². The Labute approximate surface area is 198 Å². The summed E-state index contributed by atoms with van der Waals surface area (Å²) in [7, 11) is 5.46. The van der Waals surface area contributed by atoms with Crippen LogP contribution < -0.4 is 15.5 Å². The van der Waals surface area contributed by atoms with Gasteiger partial charge in [0, 0.05) is 24.0 Å². The molecular weight excluding hydrogens is 426 g/mol. The number of anilines is 3. The Bertz CT molecular complexity index is 1310. The van der Waals surface area contributed by atoms with Gasteiger partial charge in [0.25, 0.3) is 5.91 Å². The quantitative estimate of drug-likeness (QED) is 0.553. The van der Waals surface area contributed by atoms with E-state index in [0.29, 0.717) is 29.1 Å². The van der Waals surface area contributed by atoms with Crippen molar-refractivity contribution < 1.29 is 9.59 Å². The van der Waals surface area contributed by atoms with Crippen molar-refractivity contribution >= 4 is 40.1 Å². The van der Waals surface area contributed by atoms with Crippen molar-refractivity contribution in [3.05, 3.63) is 89.5 Å². The van der Waals surface area contributed by atoms with Crippen LogP contribution in [0.25, 0.3) is 11.3 Å². The molecule has 3 aromatic rings. The van der Waals surface area contributed by atoms with Crippen LogP contribution in [0, 0.1) is 11.3 Å². The molecular formula is C27H25N5O2. The topological polar surface area (TPSA) is 88.5 Å². The predicted molar refractivity (Wildman–Crippen MR) is 135 cm³/mol. The molecule has 0 unspecified atom stereocenters. The summed E-state index contributed by atoms with van der Waals surface area (Å²) < 4.78 is 0. The Morgan fingerprint density at radius 2 is 1.71 bits per heavy atom. The second kappa shape index (κ2) is 9.61. The van der Waals surface area contributed by atoms with E-state index in [-0.39, 0.29) is 11.8 Å². The number of likely N-dealkylation sites (N-methyl/N-ethyl adjacent to an activating group) is 2. The number of nitrogens with zero attached hydrogens (tertiary/aromatic N) is 3. The van der Waals surface area contributed by atoms with Crippen LogP contribution in [0.3, 0.4) is 0 Å². The highest BCUT2D eigenvalue weighted by Crippen LogP contribution is 2.38. The first-order valence-corrected chi connectivity index (χ1v) is 10.8. The maximum atomic E-state index is 13.0. The molecule has 1 aliphatic rings.